The van der Waals surface area contributed by atoms with E-state index in [9.17, 15) is 9.59 Å². The van der Waals surface area contributed by atoms with Crippen LogP contribution in [0.25, 0.3) is 10.1 Å². The zero-order chi connectivity index (χ0) is 18.8. The van der Waals surface area contributed by atoms with Crippen LogP contribution in [0.3, 0.4) is 0 Å². The van der Waals surface area contributed by atoms with Crippen molar-refractivity contribution in [3.63, 3.8) is 0 Å². The van der Waals surface area contributed by atoms with E-state index >= 15 is 0 Å². The van der Waals surface area contributed by atoms with E-state index in [1.54, 1.807) is 21.9 Å². The van der Waals surface area contributed by atoms with Gasteiger partial charge in [-0.2, -0.15) is 4.37 Å². The lowest BCUT2D eigenvalue weighted by Gasteiger charge is -2.34. The molecule has 0 unspecified atom stereocenters. The molecule has 1 aliphatic heterocycles. The summed E-state index contributed by atoms with van der Waals surface area (Å²) in [5.74, 6) is -0.0846. The summed E-state index contributed by atoms with van der Waals surface area (Å²) in [5.41, 5.74) is 1.07. The standard InChI is InChI=1S/C19H17ClN4O2S/c20-14-6-2-3-7-15(14)21-19(26)24-11-9-23(10-12-24)18(25)17-13-5-1-4-8-16(13)27-22-17/h1-8H,9-12H2,(H,21,26). The number of piperazine rings is 1. The van der Waals surface area contributed by atoms with Crippen molar-refractivity contribution in [1.82, 2.24) is 14.2 Å². The summed E-state index contributed by atoms with van der Waals surface area (Å²) in [6.07, 6.45) is 0. The van der Waals surface area contributed by atoms with E-state index in [0.29, 0.717) is 42.6 Å². The zero-order valence-corrected chi connectivity index (χ0v) is 16.0. The highest BCUT2D eigenvalue weighted by atomic mass is 35.5. The summed E-state index contributed by atoms with van der Waals surface area (Å²) in [5, 5.41) is 4.19. The number of hydrogen-bond acceptors (Lipinski definition) is 4. The summed E-state index contributed by atoms with van der Waals surface area (Å²) >= 11 is 7.41. The SMILES string of the molecule is O=C(Nc1ccccc1Cl)N1CCN(C(=O)c2nsc3ccccc23)CC1. The van der Waals surface area contributed by atoms with Gasteiger partial charge in [0, 0.05) is 31.6 Å². The first-order valence-electron chi connectivity index (χ1n) is 8.57. The number of rotatable bonds is 2. The van der Waals surface area contributed by atoms with E-state index in [2.05, 4.69) is 9.69 Å². The molecule has 138 valence electrons. The van der Waals surface area contributed by atoms with Crippen LogP contribution in [-0.2, 0) is 0 Å². The Kier molecular flexibility index (Phi) is 4.96. The molecule has 1 N–H and O–H groups in total. The summed E-state index contributed by atoms with van der Waals surface area (Å²) < 4.78 is 5.33. The summed E-state index contributed by atoms with van der Waals surface area (Å²) in [6.45, 7) is 1.87. The lowest BCUT2D eigenvalue weighted by atomic mass is 10.2. The van der Waals surface area contributed by atoms with Gasteiger partial charge in [0.15, 0.2) is 0 Å². The topological polar surface area (TPSA) is 65.5 Å². The van der Waals surface area contributed by atoms with E-state index in [-0.39, 0.29) is 11.9 Å². The average Bonchev–Trinajstić information content (AvgIpc) is 3.13. The minimum atomic E-state index is -0.214. The van der Waals surface area contributed by atoms with Gasteiger partial charge in [-0.1, -0.05) is 41.9 Å². The molecule has 3 aromatic rings. The van der Waals surface area contributed by atoms with Gasteiger partial charge in [0.25, 0.3) is 5.91 Å². The average molecular weight is 401 g/mol. The minimum Gasteiger partial charge on any atom is -0.334 e. The molecule has 0 spiro atoms. The molecule has 1 aliphatic rings. The molecular formula is C19H17ClN4O2S. The number of halogens is 1. The molecule has 8 heteroatoms. The number of carbonyl (C=O) groups is 2. The van der Waals surface area contributed by atoms with Gasteiger partial charge in [-0.25, -0.2) is 4.79 Å². The minimum absolute atomic E-state index is 0.0846. The van der Waals surface area contributed by atoms with Crippen LogP contribution in [0.4, 0.5) is 10.5 Å². The highest BCUT2D eigenvalue weighted by Gasteiger charge is 2.27. The molecule has 1 fully saturated rings. The molecule has 4 rings (SSSR count). The molecule has 1 aromatic heterocycles. The van der Waals surface area contributed by atoms with E-state index in [4.69, 9.17) is 11.6 Å². The Labute approximate surface area is 165 Å². The van der Waals surface area contributed by atoms with Gasteiger partial charge < -0.3 is 15.1 Å². The van der Waals surface area contributed by atoms with Gasteiger partial charge in [-0.15, -0.1) is 0 Å². The maximum absolute atomic E-state index is 12.8. The number of fused-ring (bicyclic) bond motifs is 1. The number of urea groups is 1. The third-order valence-electron chi connectivity index (χ3n) is 4.55. The van der Waals surface area contributed by atoms with E-state index in [1.807, 2.05) is 36.4 Å². The van der Waals surface area contributed by atoms with Crippen molar-refractivity contribution in [1.29, 1.82) is 0 Å². The van der Waals surface area contributed by atoms with Crippen LogP contribution in [0, 0.1) is 0 Å². The van der Waals surface area contributed by atoms with Crippen LogP contribution < -0.4 is 5.32 Å². The quantitative estimate of drug-likeness (QED) is 0.708. The maximum Gasteiger partial charge on any atom is 0.322 e. The number of nitrogens with zero attached hydrogens (tertiary/aromatic N) is 3. The second-order valence-corrected chi connectivity index (χ2v) is 7.43. The molecule has 2 heterocycles. The van der Waals surface area contributed by atoms with Gasteiger partial charge in [0.2, 0.25) is 0 Å². The Hall–Kier alpha value is -2.64. The largest absolute Gasteiger partial charge is 0.334 e. The van der Waals surface area contributed by atoms with Crippen LogP contribution in [-0.4, -0.2) is 52.3 Å². The smallest absolute Gasteiger partial charge is 0.322 e. The molecule has 27 heavy (non-hydrogen) atoms. The fourth-order valence-corrected chi connectivity index (χ4v) is 4.01. The van der Waals surface area contributed by atoms with E-state index in [0.717, 1.165) is 10.1 Å². The highest BCUT2D eigenvalue weighted by Crippen LogP contribution is 2.24. The lowest BCUT2D eigenvalue weighted by molar-refractivity contribution is 0.0669. The second-order valence-electron chi connectivity index (χ2n) is 6.22. The predicted molar refractivity (Wildman–Crippen MR) is 108 cm³/mol. The van der Waals surface area contributed by atoms with Crippen LogP contribution in [0.15, 0.2) is 48.5 Å². The highest BCUT2D eigenvalue weighted by molar-refractivity contribution is 7.13. The first-order valence-corrected chi connectivity index (χ1v) is 9.73. The molecule has 0 bridgehead atoms. The Morgan fingerprint density at radius 3 is 2.41 bits per heavy atom. The van der Waals surface area contributed by atoms with Crippen molar-refractivity contribution in [2.45, 2.75) is 0 Å². The Balaban J connectivity index is 1.39. The fraction of sp³-hybridized carbons (Fsp3) is 0.211. The molecule has 1 saturated heterocycles. The van der Waals surface area contributed by atoms with Crippen molar-refractivity contribution in [3.05, 3.63) is 59.2 Å². The van der Waals surface area contributed by atoms with E-state index in [1.165, 1.54) is 11.5 Å². The van der Waals surface area contributed by atoms with Crippen LogP contribution in [0.5, 0.6) is 0 Å². The van der Waals surface area contributed by atoms with E-state index < -0.39 is 0 Å². The third kappa shape index (κ3) is 3.61. The number of carbonyl (C=O) groups excluding carboxylic acids is 2. The third-order valence-corrected chi connectivity index (χ3v) is 5.71. The first-order chi connectivity index (χ1) is 13.1. The number of benzene rings is 2. The van der Waals surface area contributed by atoms with Gasteiger partial charge in [0.1, 0.15) is 5.69 Å². The van der Waals surface area contributed by atoms with Gasteiger partial charge in [-0.3, -0.25) is 4.79 Å². The molecular weight excluding hydrogens is 384 g/mol. The van der Waals surface area contributed by atoms with Crippen molar-refractivity contribution >= 4 is 50.8 Å². The molecule has 6 nitrogen and oxygen atoms in total. The number of aromatic nitrogens is 1. The van der Waals surface area contributed by atoms with Crippen molar-refractivity contribution < 1.29 is 9.59 Å². The summed E-state index contributed by atoms with van der Waals surface area (Å²) in [6, 6.07) is 14.6. The van der Waals surface area contributed by atoms with Gasteiger partial charge in [0.05, 0.1) is 15.4 Å². The number of hydrogen-bond donors (Lipinski definition) is 1. The number of nitrogens with one attached hydrogen (secondary N) is 1. The van der Waals surface area contributed by atoms with Gasteiger partial charge in [-0.05, 0) is 29.7 Å². The number of amides is 3. The molecule has 2 aromatic carbocycles. The molecule has 3 amide bonds. The van der Waals surface area contributed by atoms with Crippen LogP contribution in [0.2, 0.25) is 5.02 Å². The van der Waals surface area contributed by atoms with Crippen molar-refractivity contribution in [3.8, 4) is 0 Å². The monoisotopic (exact) mass is 400 g/mol. The first kappa shape index (κ1) is 17.8. The van der Waals surface area contributed by atoms with Gasteiger partial charge >= 0.3 is 6.03 Å². The normalized spacial score (nSPS) is 14.4. The Morgan fingerprint density at radius 1 is 0.963 bits per heavy atom. The Bertz CT molecular complexity index is 998. The number of para-hydroxylation sites is 1. The predicted octanol–water partition coefficient (Wildman–Crippen LogP) is 3.94. The Morgan fingerprint density at radius 2 is 1.63 bits per heavy atom. The lowest BCUT2D eigenvalue weighted by Crippen LogP contribution is -2.51. The van der Waals surface area contributed by atoms with Crippen molar-refractivity contribution in [2.24, 2.45) is 0 Å². The van der Waals surface area contributed by atoms with Crippen LogP contribution >= 0.6 is 23.1 Å². The summed E-state index contributed by atoms with van der Waals surface area (Å²) in [4.78, 5) is 28.7. The van der Waals surface area contributed by atoms with Crippen LogP contribution in [0.1, 0.15) is 10.5 Å². The maximum atomic E-state index is 12.8. The summed E-state index contributed by atoms with van der Waals surface area (Å²) in [7, 11) is 0. The second kappa shape index (κ2) is 7.54. The number of anilines is 1. The van der Waals surface area contributed by atoms with Crippen molar-refractivity contribution in [2.75, 3.05) is 31.5 Å². The molecule has 0 aliphatic carbocycles. The molecule has 0 radical (unpaired) electrons. The zero-order valence-electron chi connectivity index (χ0n) is 14.4. The fourth-order valence-electron chi connectivity index (χ4n) is 3.06. The molecule has 0 saturated carbocycles. The molecule has 0 atom stereocenters.